The predicted octanol–water partition coefficient (Wildman–Crippen LogP) is 4.11. The lowest BCUT2D eigenvalue weighted by molar-refractivity contribution is -0.384. The lowest BCUT2D eigenvalue weighted by Gasteiger charge is -2.28. The van der Waals surface area contributed by atoms with Gasteiger partial charge in [0.25, 0.3) is 11.6 Å². The highest BCUT2D eigenvalue weighted by Crippen LogP contribution is 2.31. The van der Waals surface area contributed by atoms with Gasteiger partial charge in [0.15, 0.2) is 4.80 Å². The molecule has 2 heterocycles. The van der Waals surface area contributed by atoms with Crippen molar-refractivity contribution >= 4 is 38.8 Å². The Hall–Kier alpha value is -3.51. The zero-order valence-corrected chi connectivity index (χ0v) is 17.4. The summed E-state index contributed by atoms with van der Waals surface area (Å²) < 4.78 is 16.4. The van der Waals surface area contributed by atoms with Gasteiger partial charge < -0.3 is 9.47 Å². The number of anilines is 1. The van der Waals surface area contributed by atoms with Crippen LogP contribution in [-0.4, -0.2) is 28.5 Å². The molecule has 0 spiro atoms. The predicted molar refractivity (Wildman–Crippen MR) is 118 cm³/mol. The number of aromatic nitrogens is 1. The van der Waals surface area contributed by atoms with Crippen LogP contribution in [0.2, 0.25) is 0 Å². The van der Waals surface area contributed by atoms with E-state index in [0.717, 1.165) is 43.7 Å². The summed E-state index contributed by atoms with van der Waals surface area (Å²) >= 11 is 1.14. The van der Waals surface area contributed by atoms with E-state index in [0.29, 0.717) is 10.4 Å². The van der Waals surface area contributed by atoms with Gasteiger partial charge in [0.05, 0.1) is 21.7 Å². The number of nitro groups is 1. The smallest absolute Gasteiger partial charge is 0.293 e. The lowest BCUT2D eigenvalue weighted by atomic mass is 10.1. The molecule has 3 aromatic rings. The van der Waals surface area contributed by atoms with Crippen LogP contribution in [0, 0.1) is 28.3 Å². The number of carbonyl (C=O) groups is 1. The van der Waals surface area contributed by atoms with E-state index < -0.39 is 16.6 Å². The number of thiazole rings is 1. The van der Waals surface area contributed by atoms with Crippen LogP contribution >= 0.6 is 11.3 Å². The molecule has 1 aliphatic heterocycles. The fraction of sp³-hybridized carbons (Fsp3) is 0.273. The van der Waals surface area contributed by atoms with Gasteiger partial charge in [0.1, 0.15) is 11.5 Å². The Balaban J connectivity index is 1.77. The number of rotatable bonds is 4. The number of nitrogens with zero attached hydrogens (tertiary/aromatic N) is 4. The lowest BCUT2D eigenvalue weighted by Crippen LogP contribution is -2.30. The largest absolute Gasteiger partial charge is 0.366 e. The monoisotopic (exact) mass is 438 g/mol. The standard InChI is InChI=1S/C22H19FN4O3S/c1-2-11-26-20-16(23)7-6-8-19(20)31-22(26)24-21(28)15-9-10-17(18(14-15)27(29)30)25-12-4-3-5-13-25/h1,6-10,14H,3-5,11-13H2. The van der Waals surface area contributed by atoms with Gasteiger partial charge >= 0.3 is 0 Å². The van der Waals surface area contributed by atoms with Crippen molar-refractivity contribution in [3.63, 3.8) is 0 Å². The minimum atomic E-state index is -0.647. The molecular formula is C22H19FN4O3S. The molecule has 1 aromatic heterocycles. The zero-order valence-electron chi connectivity index (χ0n) is 16.6. The number of para-hydroxylation sites is 1. The second kappa shape index (κ2) is 8.70. The summed E-state index contributed by atoms with van der Waals surface area (Å²) in [6.45, 7) is 1.54. The third kappa shape index (κ3) is 4.07. The Labute approximate surface area is 181 Å². The normalized spacial score (nSPS) is 14.6. The molecule has 1 aliphatic rings. The molecule has 1 amide bonds. The molecule has 0 atom stereocenters. The number of nitro benzene ring substituents is 1. The summed E-state index contributed by atoms with van der Waals surface area (Å²) in [7, 11) is 0. The number of halogens is 1. The molecule has 4 rings (SSSR count). The van der Waals surface area contributed by atoms with Crippen molar-refractivity contribution in [2.75, 3.05) is 18.0 Å². The van der Waals surface area contributed by atoms with E-state index in [9.17, 15) is 19.3 Å². The van der Waals surface area contributed by atoms with Crippen molar-refractivity contribution in [1.29, 1.82) is 0 Å². The van der Waals surface area contributed by atoms with E-state index >= 15 is 0 Å². The van der Waals surface area contributed by atoms with Gasteiger partial charge in [0.2, 0.25) is 0 Å². The Kier molecular flexibility index (Phi) is 5.82. The maximum absolute atomic E-state index is 14.3. The summed E-state index contributed by atoms with van der Waals surface area (Å²) in [5.74, 6) is 1.34. The highest BCUT2D eigenvalue weighted by atomic mass is 32.1. The third-order valence-electron chi connectivity index (χ3n) is 5.21. The minimum absolute atomic E-state index is 0.0428. The van der Waals surface area contributed by atoms with Crippen molar-refractivity contribution in [2.45, 2.75) is 25.8 Å². The summed E-state index contributed by atoms with van der Waals surface area (Å²) in [6.07, 6.45) is 8.48. The van der Waals surface area contributed by atoms with E-state index in [2.05, 4.69) is 10.9 Å². The van der Waals surface area contributed by atoms with Crippen LogP contribution in [0.4, 0.5) is 15.8 Å². The number of terminal acetylenes is 1. The first-order valence-corrected chi connectivity index (χ1v) is 10.6. The summed E-state index contributed by atoms with van der Waals surface area (Å²) in [5, 5.41) is 11.7. The average molecular weight is 438 g/mol. The molecule has 158 valence electrons. The zero-order chi connectivity index (χ0) is 22.0. The van der Waals surface area contributed by atoms with Gasteiger partial charge in [-0.1, -0.05) is 23.3 Å². The number of carbonyl (C=O) groups excluding carboxylic acids is 1. The van der Waals surface area contributed by atoms with Crippen LogP contribution < -0.4 is 9.70 Å². The molecule has 9 heteroatoms. The highest BCUT2D eigenvalue weighted by molar-refractivity contribution is 7.16. The summed E-state index contributed by atoms with van der Waals surface area (Å²) in [5.41, 5.74) is 0.760. The molecule has 2 aromatic carbocycles. The first-order chi connectivity index (χ1) is 15.0. The van der Waals surface area contributed by atoms with Crippen LogP contribution in [0.1, 0.15) is 29.6 Å². The van der Waals surface area contributed by atoms with E-state index in [1.54, 1.807) is 24.3 Å². The van der Waals surface area contributed by atoms with Gasteiger partial charge in [-0.05, 0) is 43.5 Å². The fourth-order valence-electron chi connectivity index (χ4n) is 3.77. The van der Waals surface area contributed by atoms with Crippen LogP contribution in [0.25, 0.3) is 10.2 Å². The molecule has 0 N–H and O–H groups in total. The molecule has 0 bridgehead atoms. The van der Waals surface area contributed by atoms with Gasteiger partial charge in [-0.3, -0.25) is 14.9 Å². The third-order valence-corrected chi connectivity index (χ3v) is 6.26. The highest BCUT2D eigenvalue weighted by Gasteiger charge is 2.23. The Morgan fingerprint density at radius 3 is 2.74 bits per heavy atom. The van der Waals surface area contributed by atoms with Crippen LogP contribution in [0.3, 0.4) is 0 Å². The van der Waals surface area contributed by atoms with Crippen molar-refractivity contribution in [3.8, 4) is 12.3 Å². The molecule has 0 radical (unpaired) electrons. The number of amides is 1. The maximum atomic E-state index is 14.3. The van der Waals surface area contributed by atoms with Crippen molar-refractivity contribution in [1.82, 2.24) is 4.57 Å². The first-order valence-electron chi connectivity index (χ1n) is 9.83. The van der Waals surface area contributed by atoms with Gasteiger partial charge in [-0.25, -0.2) is 4.39 Å². The molecule has 1 saturated heterocycles. The number of piperidine rings is 1. The summed E-state index contributed by atoms with van der Waals surface area (Å²) in [6, 6.07) is 9.01. The summed E-state index contributed by atoms with van der Waals surface area (Å²) in [4.78, 5) is 30.4. The van der Waals surface area contributed by atoms with Crippen LogP contribution in [-0.2, 0) is 6.54 Å². The van der Waals surface area contributed by atoms with E-state index in [1.165, 1.54) is 16.7 Å². The quantitative estimate of drug-likeness (QED) is 0.349. The van der Waals surface area contributed by atoms with Gasteiger partial charge in [-0.15, -0.1) is 6.42 Å². The van der Waals surface area contributed by atoms with Crippen LogP contribution in [0.15, 0.2) is 41.4 Å². The van der Waals surface area contributed by atoms with Gasteiger partial charge in [-0.2, -0.15) is 4.99 Å². The molecule has 0 saturated carbocycles. The Bertz CT molecular complexity index is 1280. The van der Waals surface area contributed by atoms with E-state index in [4.69, 9.17) is 6.42 Å². The maximum Gasteiger partial charge on any atom is 0.293 e. The van der Waals surface area contributed by atoms with Crippen LogP contribution in [0.5, 0.6) is 0 Å². The second-order valence-electron chi connectivity index (χ2n) is 7.19. The van der Waals surface area contributed by atoms with Crippen molar-refractivity contribution < 1.29 is 14.1 Å². The molecule has 0 aliphatic carbocycles. The van der Waals surface area contributed by atoms with Gasteiger partial charge in [0, 0.05) is 24.7 Å². The molecule has 7 nitrogen and oxygen atoms in total. The average Bonchev–Trinajstić information content (AvgIpc) is 3.12. The van der Waals surface area contributed by atoms with E-state index in [-0.39, 0.29) is 28.1 Å². The second-order valence-corrected chi connectivity index (χ2v) is 8.20. The SMILES string of the molecule is C#CCn1c(=NC(=O)c2ccc(N3CCCCC3)c([N+](=O)[O-])c2)sc2cccc(F)c21. The number of benzene rings is 2. The number of fused-ring (bicyclic) bond motifs is 1. The molecule has 1 fully saturated rings. The van der Waals surface area contributed by atoms with E-state index in [1.807, 2.05) is 4.90 Å². The number of hydrogen-bond donors (Lipinski definition) is 0. The number of hydrogen-bond acceptors (Lipinski definition) is 5. The van der Waals surface area contributed by atoms with Crippen molar-refractivity contribution in [3.05, 3.63) is 62.7 Å². The Morgan fingerprint density at radius 2 is 2.03 bits per heavy atom. The first kappa shape index (κ1) is 20.8. The molecule has 31 heavy (non-hydrogen) atoms. The van der Waals surface area contributed by atoms with Crippen molar-refractivity contribution in [2.24, 2.45) is 4.99 Å². The minimum Gasteiger partial charge on any atom is -0.366 e. The topological polar surface area (TPSA) is 80.7 Å². The molecular weight excluding hydrogens is 419 g/mol. The fourth-order valence-corrected chi connectivity index (χ4v) is 4.81. The molecule has 0 unspecified atom stereocenters. The Morgan fingerprint density at radius 1 is 1.26 bits per heavy atom.